The fourth-order valence-electron chi connectivity index (χ4n) is 1.32. The Morgan fingerprint density at radius 2 is 2.25 bits per heavy atom. The van der Waals surface area contributed by atoms with Crippen LogP contribution in [0.5, 0.6) is 0 Å². The molecule has 0 radical (unpaired) electrons. The quantitative estimate of drug-likeness (QED) is 0.616. The fraction of sp³-hybridized carbons (Fsp3) is 0.875. The molecule has 0 saturated carbocycles. The molecule has 1 atom stereocenters. The second kappa shape index (κ2) is 3.94. The van der Waals surface area contributed by atoms with Crippen molar-refractivity contribution in [3.8, 4) is 0 Å². The molecule has 1 fully saturated rings. The molecule has 1 heterocycles. The molecule has 1 rings (SSSR count). The molecular formula is C8H12F2O2. The number of rotatable bonds is 3. The van der Waals surface area contributed by atoms with Crippen LogP contribution in [0.3, 0.4) is 0 Å². The number of aldehydes is 1. The molecule has 0 aromatic carbocycles. The molecular weight excluding hydrogens is 166 g/mol. The van der Waals surface area contributed by atoms with Gasteiger partial charge >= 0.3 is 5.92 Å². The normalized spacial score (nSPS) is 25.3. The first-order chi connectivity index (χ1) is 5.64. The summed E-state index contributed by atoms with van der Waals surface area (Å²) in [5.74, 6) is -3.21. The number of hydrogen-bond donors (Lipinski definition) is 0. The summed E-state index contributed by atoms with van der Waals surface area (Å²) in [7, 11) is 0. The van der Waals surface area contributed by atoms with E-state index in [9.17, 15) is 13.6 Å². The van der Waals surface area contributed by atoms with Crippen molar-refractivity contribution < 1.29 is 18.3 Å². The first-order valence-corrected chi connectivity index (χ1v) is 4.10. The van der Waals surface area contributed by atoms with Gasteiger partial charge in [-0.2, -0.15) is 8.78 Å². The lowest BCUT2D eigenvalue weighted by Gasteiger charge is -2.24. The second-order valence-corrected chi connectivity index (χ2v) is 3.07. The highest BCUT2D eigenvalue weighted by molar-refractivity contribution is 5.59. The molecule has 0 N–H and O–H groups in total. The summed E-state index contributed by atoms with van der Waals surface area (Å²) in [6.07, 6.45) is 1.30. The number of carbonyl (C=O) groups is 1. The number of halogens is 2. The summed E-state index contributed by atoms with van der Waals surface area (Å²) >= 11 is 0. The number of carbonyl (C=O) groups excluding carboxylic acids is 1. The minimum absolute atomic E-state index is 0.301. The molecule has 0 spiro atoms. The van der Waals surface area contributed by atoms with Crippen molar-refractivity contribution >= 4 is 6.29 Å². The van der Waals surface area contributed by atoms with E-state index in [1.54, 1.807) is 0 Å². The van der Waals surface area contributed by atoms with Gasteiger partial charge in [-0.3, -0.25) is 4.79 Å². The lowest BCUT2D eigenvalue weighted by molar-refractivity contribution is -0.136. The van der Waals surface area contributed by atoms with E-state index in [0.29, 0.717) is 13.0 Å². The molecule has 70 valence electrons. The van der Waals surface area contributed by atoms with Crippen molar-refractivity contribution in [3.63, 3.8) is 0 Å². The van der Waals surface area contributed by atoms with Crippen LogP contribution in [0, 0.1) is 0 Å². The van der Waals surface area contributed by atoms with Gasteiger partial charge in [-0.05, 0) is 19.3 Å². The van der Waals surface area contributed by atoms with Gasteiger partial charge in [0.15, 0.2) is 6.29 Å². The van der Waals surface area contributed by atoms with Gasteiger partial charge in [0.05, 0.1) is 6.10 Å². The molecule has 0 amide bonds. The average molecular weight is 178 g/mol. The summed E-state index contributed by atoms with van der Waals surface area (Å²) < 4.78 is 30.1. The predicted molar refractivity (Wildman–Crippen MR) is 39.2 cm³/mol. The number of alkyl halides is 2. The largest absolute Gasteiger partial charge is 0.378 e. The van der Waals surface area contributed by atoms with Gasteiger partial charge in [0.1, 0.15) is 0 Å². The molecule has 1 aliphatic rings. The van der Waals surface area contributed by atoms with Crippen LogP contribution in [0.1, 0.15) is 25.7 Å². The van der Waals surface area contributed by atoms with E-state index in [2.05, 4.69) is 0 Å². The van der Waals surface area contributed by atoms with E-state index >= 15 is 0 Å². The molecule has 1 unspecified atom stereocenters. The minimum Gasteiger partial charge on any atom is -0.378 e. The number of hydrogen-bond acceptors (Lipinski definition) is 2. The summed E-state index contributed by atoms with van der Waals surface area (Å²) in [6, 6.07) is 0. The molecule has 1 aliphatic heterocycles. The first kappa shape index (κ1) is 9.58. The van der Waals surface area contributed by atoms with Crippen molar-refractivity contribution in [2.24, 2.45) is 0 Å². The van der Waals surface area contributed by atoms with Crippen LogP contribution in [0.15, 0.2) is 0 Å². The van der Waals surface area contributed by atoms with E-state index < -0.39 is 18.4 Å². The molecule has 0 aromatic heterocycles. The average Bonchev–Trinajstić information content (AvgIpc) is 2.06. The van der Waals surface area contributed by atoms with E-state index in [1.165, 1.54) is 0 Å². The summed E-state index contributed by atoms with van der Waals surface area (Å²) in [5.41, 5.74) is 0. The lowest BCUT2D eigenvalue weighted by atomic mass is 10.0. The van der Waals surface area contributed by atoms with Crippen LogP contribution in [0.2, 0.25) is 0 Å². The van der Waals surface area contributed by atoms with Crippen LogP contribution in [-0.4, -0.2) is 24.9 Å². The third-order valence-electron chi connectivity index (χ3n) is 1.95. The van der Waals surface area contributed by atoms with E-state index in [-0.39, 0.29) is 6.29 Å². The molecule has 1 saturated heterocycles. The molecule has 4 heteroatoms. The first-order valence-electron chi connectivity index (χ1n) is 4.10. The third kappa shape index (κ3) is 2.85. The van der Waals surface area contributed by atoms with E-state index in [0.717, 1.165) is 12.8 Å². The van der Waals surface area contributed by atoms with E-state index in [4.69, 9.17) is 4.74 Å². The topological polar surface area (TPSA) is 26.3 Å². The molecule has 0 aliphatic carbocycles. The Kier molecular flexibility index (Phi) is 3.14. The van der Waals surface area contributed by atoms with Gasteiger partial charge in [-0.25, -0.2) is 0 Å². The molecule has 0 aromatic rings. The van der Waals surface area contributed by atoms with Crippen LogP contribution < -0.4 is 0 Å². The van der Waals surface area contributed by atoms with Crippen LogP contribution in [0.4, 0.5) is 8.78 Å². The van der Waals surface area contributed by atoms with Crippen LogP contribution in [0.25, 0.3) is 0 Å². The van der Waals surface area contributed by atoms with Gasteiger partial charge in [0.25, 0.3) is 0 Å². The minimum atomic E-state index is -3.21. The van der Waals surface area contributed by atoms with E-state index in [1.807, 2.05) is 0 Å². The second-order valence-electron chi connectivity index (χ2n) is 3.07. The summed E-state index contributed by atoms with van der Waals surface area (Å²) in [6.45, 7) is 0.541. The smallest absolute Gasteiger partial charge is 0.304 e. The van der Waals surface area contributed by atoms with Gasteiger partial charge < -0.3 is 4.74 Å². The SMILES string of the molecule is O=CC(F)(F)CC1CCCCO1. The Morgan fingerprint density at radius 3 is 2.75 bits per heavy atom. The summed E-state index contributed by atoms with van der Waals surface area (Å²) in [4.78, 5) is 9.89. The van der Waals surface area contributed by atoms with Gasteiger partial charge in [-0.1, -0.05) is 0 Å². The van der Waals surface area contributed by atoms with Crippen LogP contribution >= 0.6 is 0 Å². The highest BCUT2D eigenvalue weighted by Gasteiger charge is 2.33. The van der Waals surface area contributed by atoms with Crippen LogP contribution in [-0.2, 0) is 9.53 Å². The Labute approximate surface area is 69.9 Å². The zero-order valence-corrected chi connectivity index (χ0v) is 6.76. The predicted octanol–water partition coefficient (Wildman–Crippen LogP) is 1.78. The summed E-state index contributed by atoms with van der Waals surface area (Å²) in [5, 5.41) is 0. The number of ether oxygens (including phenoxy) is 1. The van der Waals surface area contributed by atoms with Gasteiger partial charge in [-0.15, -0.1) is 0 Å². The zero-order chi connectivity index (χ0) is 9.03. The standard InChI is InChI=1S/C8H12F2O2/c9-8(10,6-11)5-7-3-1-2-4-12-7/h6-7H,1-5H2. The Bertz CT molecular complexity index is 153. The maximum atomic E-state index is 12.5. The molecule has 12 heavy (non-hydrogen) atoms. The third-order valence-corrected chi connectivity index (χ3v) is 1.95. The highest BCUT2D eigenvalue weighted by Crippen LogP contribution is 2.24. The monoisotopic (exact) mass is 178 g/mol. The van der Waals surface area contributed by atoms with Crippen molar-refractivity contribution in [1.82, 2.24) is 0 Å². The Hall–Kier alpha value is -0.510. The Balaban J connectivity index is 2.33. The zero-order valence-electron chi connectivity index (χ0n) is 6.76. The molecule has 0 bridgehead atoms. The fourth-order valence-corrected chi connectivity index (χ4v) is 1.32. The molecule has 2 nitrogen and oxygen atoms in total. The van der Waals surface area contributed by atoms with Crippen molar-refractivity contribution in [3.05, 3.63) is 0 Å². The van der Waals surface area contributed by atoms with Crippen molar-refractivity contribution in [1.29, 1.82) is 0 Å². The lowest BCUT2D eigenvalue weighted by Crippen LogP contribution is -2.29. The Morgan fingerprint density at radius 1 is 1.50 bits per heavy atom. The van der Waals surface area contributed by atoms with Crippen molar-refractivity contribution in [2.75, 3.05) is 6.61 Å². The maximum Gasteiger partial charge on any atom is 0.304 e. The maximum absolute atomic E-state index is 12.5. The van der Waals surface area contributed by atoms with Gasteiger partial charge in [0, 0.05) is 13.0 Å². The van der Waals surface area contributed by atoms with Crippen molar-refractivity contribution in [2.45, 2.75) is 37.7 Å². The van der Waals surface area contributed by atoms with Gasteiger partial charge in [0.2, 0.25) is 0 Å². The highest BCUT2D eigenvalue weighted by atomic mass is 19.3.